The Morgan fingerprint density at radius 1 is 1.32 bits per heavy atom. The number of nitrogens with zero attached hydrogens (tertiary/aromatic N) is 2. The van der Waals surface area contributed by atoms with Crippen molar-refractivity contribution in [3.8, 4) is 5.75 Å². The molecule has 0 aliphatic heterocycles. The predicted octanol–water partition coefficient (Wildman–Crippen LogP) is 1.06. The molecule has 5 heteroatoms. The van der Waals surface area contributed by atoms with E-state index in [9.17, 15) is 4.79 Å². The first-order valence-electron chi connectivity index (χ1n) is 6.36. The summed E-state index contributed by atoms with van der Waals surface area (Å²) in [5.41, 5.74) is 6.36. The van der Waals surface area contributed by atoms with Gasteiger partial charge in [-0.1, -0.05) is 6.07 Å². The van der Waals surface area contributed by atoms with Gasteiger partial charge in [0, 0.05) is 32.4 Å². The van der Waals surface area contributed by atoms with Gasteiger partial charge >= 0.3 is 0 Å². The van der Waals surface area contributed by atoms with E-state index in [0.29, 0.717) is 18.8 Å². The average molecular weight is 265 g/mol. The lowest BCUT2D eigenvalue weighted by Crippen LogP contribution is -2.35. The van der Waals surface area contributed by atoms with Gasteiger partial charge in [0.1, 0.15) is 5.75 Å². The lowest BCUT2D eigenvalue weighted by molar-refractivity contribution is -0.129. The van der Waals surface area contributed by atoms with Crippen LogP contribution in [0.25, 0.3) is 0 Å². The largest absolute Gasteiger partial charge is 0.493 e. The third-order valence-electron chi connectivity index (χ3n) is 2.71. The minimum absolute atomic E-state index is 0.110. The molecule has 0 saturated carbocycles. The summed E-state index contributed by atoms with van der Waals surface area (Å²) < 4.78 is 5.59. The number of hydrogen-bond acceptors (Lipinski definition) is 4. The van der Waals surface area contributed by atoms with Crippen LogP contribution in [0, 0.1) is 0 Å². The molecule has 0 aliphatic carbocycles. The summed E-state index contributed by atoms with van der Waals surface area (Å²) in [4.78, 5) is 15.1. The zero-order valence-corrected chi connectivity index (χ0v) is 11.9. The maximum Gasteiger partial charge on any atom is 0.236 e. The fraction of sp³-hybridized carbons (Fsp3) is 0.500. The fourth-order valence-corrected chi connectivity index (χ4v) is 1.58. The van der Waals surface area contributed by atoms with Crippen LogP contribution in [0.15, 0.2) is 24.3 Å². The third-order valence-corrected chi connectivity index (χ3v) is 2.71. The van der Waals surface area contributed by atoms with Crippen molar-refractivity contribution in [3.63, 3.8) is 0 Å². The highest BCUT2D eigenvalue weighted by atomic mass is 16.5. The lowest BCUT2D eigenvalue weighted by atomic mass is 10.3. The van der Waals surface area contributed by atoms with Gasteiger partial charge in [-0.05, 0) is 25.6 Å². The molecule has 0 spiro atoms. The molecule has 1 amide bonds. The number of hydrogen-bond donors (Lipinski definition) is 1. The average Bonchev–Trinajstić information content (AvgIpc) is 2.34. The Morgan fingerprint density at radius 3 is 2.68 bits per heavy atom. The summed E-state index contributed by atoms with van der Waals surface area (Å²) in [6.07, 6.45) is 0.867. The summed E-state index contributed by atoms with van der Waals surface area (Å²) in [5.74, 6) is 0.895. The van der Waals surface area contributed by atoms with Crippen molar-refractivity contribution in [3.05, 3.63) is 24.3 Å². The topological polar surface area (TPSA) is 58.8 Å². The number of amides is 1. The van der Waals surface area contributed by atoms with Crippen molar-refractivity contribution in [1.82, 2.24) is 9.80 Å². The number of ether oxygens (including phenoxy) is 1. The Hall–Kier alpha value is -1.75. The van der Waals surface area contributed by atoms with Gasteiger partial charge in [0.25, 0.3) is 0 Å². The minimum Gasteiger partial charge on any atom is -0.493 e. The maximum absolute atomic E-state index is 11.5. The molecule has 0 saturated heterocycles. The Labute approximate surface area is 114 Å². The van der Waals surface area contributed by atoms with E-state index < -0.39 is 0 Å². The summed E-state index contributed by atoms with van der Waals surface area (Å²) in [6.45, 7) is 1.87. The van der Waals surface area contributed by atoms with Gasteiger partial charge in [0.2, 0.25) is 5.91 Å². The van der Waals surface area contributed by atoms with Gasteiger partial charge in [-0.15, -0.1) is 0 Å². The summed E-state index contributed by atoms with van der Waals surface area (Å²) in [5, 5.41) is 0. The van der Waals surface area contributed by atoms with E-state index in [2.05, 4.69) is 0 Å². The molecule has 1 aromatic carbocycles. The molecule has 0 atom stereocenters. The summed E-state index contributed by atoms with van der Waals surface area (Å²) in [7, 11) is 5.46. The Balaban J connectivity index is 2.18. The van der Waals surface area contributed by atoms with Crippen molar-refractivity contribution in [2.75, 3.05) is 46.6 Å². The first-order chi connectivity index (χ1) is 8.99. The zero-order valence-electron chi connectivity index (χ0n) is 11.9. The van der Waals surface area contributed by atoms with Crippen molar-refractivity contribution < 1.29 is 9.53 Å². The number of benzene rings is 1. The second kappa shape index (κ2) is 7.63. The number of likely N-dealkylation sites (N-methyl/N-ethyl adjacent to an activating group) is 2. The van der Waals surface area contributed by atoms with E-state index in [-0.39, 0.29) is 5.91 Å². The van der Waals surface area contributed by atoms with E-state index >= 15 is 0 Å². The molecule has 0 radical (unpaired) electrons. The highest BCUT2D eigenvalue weighted by Gasteiger charge is 2.07. The van der Waals surface area contributed by atoms with Crippen LogP contribution in [0.4, 0.5) is 5.69 Å². The second-order valence-corrected chi connectivity index (χ2v) is 4.80. The van der Waals surface area contributed by atoms with Crippen LogP contribution < -0.4 is 10.5 Å². The maximum atomic E-state index is 11.5. The van der Waals surface area contributed by atoms with Crippen molar-refractivity contribution in [2.24, 2.45) is 0 Å². The predicted molar refractivity (Wildman–Crippen MR) is 77.2 cm³/mol. The molecule has 0 unspecified atom stereocenters. The molecule has 0 heterocycles. The molecule has 0 bridgehead atoms. The molecular weight excluding hydrogens is 242 g/mol. The van der Waals surface area contributed by atoms with Crippen molar-refractivity contribution in [1.29, 1.82) is 0 Å². The molecule has 1 aromatic rings. The highest BCUT2D eigenvalue weighted by molar-refractivity contribution is 5.77. The van der Waals surface area contributed by atoms with Crippen LogP contribution in [-0.2, 0) is 4.79 Å². The van der Waals surface area contributed by atoms with E-state index in [1.165, 1.54) is 0 Å². The second-order valence-electron chi connectivity index (χ2n) is 4.80. The normalized spacial score (nSPS) is 10.5. The van der Waals surface area contributed by atoms with Crippen molar-refractivity contribution >= 4 is 11.6 Å². The summed E-state index contributed by atoms with van der Waals surface area (Å²) in [6, 6.07) is 7.38. The van der Waals surface area contributed by atoms with Crippen LogP contribution in [0.2, 0.25) is 0 Å². The molecule has 19 heavy (non-hydrogen) atoms. The molecule has 1 rings (SSSR count). The molecular formula is C14H23N3O2. The monoisotopic (exact) mass is 265 g/mol. The lowest BCUT2D eigenvalue weighted by Gasteiger charge is -2.18. The van der Waals surface area contributed by atoms with Gasteiger partial charge in [-0.2, -0.15) is 0 Å². The van der Waals surface area contributed by atoms with Crippen molar-refractivity contribution in [2.45, 2.75) is 6.42 Å². The first kappa shape index (κ1) is 15.3. The van der Waals surface area contributed by atoms with Gasteiger partial charge in [0.15, 0.2) is 0 Å². The minimum atomic E-state index is 0.110. The van der Waals surface area contributed by atoms with E-state index in [1.807, 2.05) is 30.1 Å². The number of anilines is 1. The van der Waals surface area contributed by atoms with E-state index in [4.69, 9.17) is 10.5 Å². The van der Waals surface area contributed by atoms with Gasteiger partial charge in [-0.25, -0.2) is 0 Å². The molecule has 5 nitrogen and oxygen atoms in total. The Bertz CT molecular complexity index is 407. The smallest absolute Gasteiger partial charge is 0.236 e. The molecule has 0 aromatic heterocycles. The number of nitrogen functional groups attached to an aromatic ring is 1. The SMILES string of the molecule is CN(CCCOc1cccc(N)c1)CC(=O)N(C)C. The number of nitrogens with two attached hydrogens (primary N) is 1. The molecule has 106 valence electrons. The van der Waals surface area contributed by atoms with Gasteiger partial charge < -0.3 is 15.4 Å². The molecule has 0 aliphatic rings. The number of carbonyl (C=O) groups is 1. The third kappa shape index (κ3) is 6.10. The zero-order chi connectivity index (χ0) is 14.3. The first-order valence-corrected chi connectivity index (χ1v) is 6.36. The Kier molecular flexibility index (Phi) is 6.15. The number of rotatable bonds is 7. The number of carbonyl (C=O) groups excluding carboxylic acids is 1. The Morgan fingerprint density at radius 2 is 2.05 bits per heavy atom. The van der Waals surface area contributed by atoms with Crippen LogP contribution >= 0.6 is 0 Å². The highest BCUT2D eigenvalue weighted by Crippen LogP contribution is 2.14. The van der Waals surface area contributed by atoms with E-state index in [0.717, 1.165) is 18.7 Å². The molecule has 0 fully saturated rings. The summed E-state index contributed by atoms with van der Waals surface area (Å²) >= 11 is 0. The van der Waals surface area contributed by atoms with Crippen LogP contribution in [-0.4, -0.2) is 56.5 Å². The fourth-order valence-electron chi connectivity index (χ4n) is 1.58. The molecule has 2 N–H and O–H groups in total. The van der Waals surface area contributed by atoms with Crippen LogP contribution in [0.1, 0.15) is 6.42 Å². The van der Waals surface area contributed by atoms with Gasteiger partial charge in [0.05, 0.1) is 13.2 Å². The standard InChI is InChI=1S/C14H23N3O2/c1-16(2)14(18)11-17(3)8-5-9-19-13-7-4-6-12(15)10-13/h4,6-7,10H,5,8-9,11,15H2,1-3H3. The van der Waals surface area contributed by atoms with Crippen LogP contribution in [0.5, 0.6) is 5.75 Å². The van der Waals surface area contributed by atoms with E-state index in [1.54, 1.807) is 25.1 Å². The quantitative estimate of drug-likeness (QED) is 0.591. The van der Waals surface area contributed by atoms with Crippen LogP contribution in [0.3, 0.4) is 0 Å². The van der Waals surface area contributed by atoms with Gasteiger partial charge in [-0.3, -0.25) is 9.69 Å².